The van der Waals surface area contributed by atoms with Gasteiger partial charge in [-0.3, -0.25) is 4.99 Å². The first-order valence-electron chi connectivity index (χ1n) is 9.54. The molecule has 0 aliphatic carbocycles. The van der Waals surface area contributed by atoms with E-state index in [9.17, 15) is 0 Å². The van der Waals surface area contributed by atoms with Gasteiger partial charge < -0.3 is 24.6 Å². The number of aromatic nitrogens is 1. The van der Waals surface area contributed by atoms with E-state index in [2.05, 4.69) is 27.7 Å². The standard InChI is InChI=1S/C20H28N4O3/c1-4-21-20(22-10-5-7-17-14(2)24-27-15(17)3)23-16-8-9-18-19(13-16)26-12-6-11-25-18/h8-9,13H,4-7,10-12H2,1-3H3,(H2,21,22,23). The predicted molar refractivity (Wildman–Crippen MR) is 106 cm³/mol. The maximum atomic E-state index is 5.75. The van der Waals surface area contributed by atoms with Crippen molar-refractivity contribution in [2.24, 2.45) is 4.99 Å². The number of benzene rings is 1. The summed E-state index contributed by atoms with van der Waals surface area (Å²) in [5.41, 5.74) is 3.07. The molecule has 7 nitrogen and oxygen atoms in total. The molecule has 0 amide bonds. The molecule has 1 aromatic carbocycles. The van der Waals surface area contributed by atoms with Gasteiger partial charge in [0, 0.05) is 36.8 Å². The smallest absolute Gasteiger partial charge is 0.195 e. The van der Waals surface area contributed by atoms with Crippen molar-refractivity contribution in [2.45, 2.75) is 40.0 Å². The van der Waals surface area contributed by atoms with Crippen LogP contribution in [0.4, 0.5) is 5.69 Å². The lowest BCUT2D eigenvalue weighted by atomic mass is 10.1. The lowest BCUT2D eigenvalue weighted by Gasteiger charge is -2.13. The van der Waals surface area contributed by atoms with E-state index in [4.69, 9.17) is 14.0 Å². The molecule has 1 aromatic heterocycles. The summed E-state index contributed by atoms with van der Waals surface area (Å²) in [5.74, 6) is 3.21. The number of guanidine groups is 1. The zero-order chi connectivity index (χ0) is 19.1. The fraction of sp³-hybridized carbons (Fsp3) is 0.500. The zero-order valence-electron chi connectivity index (χ0n) is 16.3. The highest BCUT2D eigenvalue weighted by Gasteiger charge is 2.11. The van der Waals surface area contributed by atoms with Gasteiger partial charge in [-0.25, -0.2) is 0 Å². The third kappa shape index (κ3) is 5.15. The van der Waals surface area contributed by atoms with Gasteiger partial charge in [-0.05, 0) is 45.7 Å². The third-order valence-corrected chi connectivity index (χ3v) is 4.39. The molecule has 0 radical (unpaired) electrons. The minimum Gasteiger partial charge on any atom is -0.490 e. The Balaban J connectivity index is 1.59. The lowest BCUT2D eigenvalue weighted by molar-refractivity contribution is 0.297. The van der Waals surface area contributed by atoms with Crippen molar-refractivity contribution in [1.29, 1.82) is 0 Å². The molecule has 2 N–H and O–H groups in total. The fourth-order valence-electron chi connectivity index (χ4n) is 2.99. The van der Waals surface area contributed by atoms with E-state index in [0.717, 1.165) is 60.4 Å². The van der Waals surface area contributed by atoms with Crippen LogP contribution < -0.4 is 20.1 Å². The van der Waals surface area contributed by atoms with Crippen LogP contribution >= 0.6 is 0 Å². The average Bonchev–Trinajstić information content (AvgIpc) is 2.85. The first-order valence-corrected chi connectivity index (χ1v) is 9.54. The van der Waals surface area contributed by atoms with Gasteiger partial charge in [0.1, 0.15) is 5.76 Å². The van der Waals surface area contributed by atoms with Gasteiger partial charge in [-0.15, -0.1) is 0 Å². The van der Waals surface area contributed by atoms with E-state index in [-0.39, 0.29) is 0 Å². The molecule has 2 heterocycles. The first-order chi connectivity index (χ1) is 13.2. The second-order valence-corrected chi connectivity index (χ2v) is 6.50. The highest BCUT2D eigenvalue weighted by Crippen LogP contribution is 2.32. The van der Waals surface area contributed by atoms with Crippen LogP contribution in [0.1, 0.15) is 36.8 Å². The highest BCUT2D eigenvalue weighted by atomic mass is 16.5. The van der Waals surface area contributed by atoms with Crippen LogP contribution in [-0.2, 0) is 6.42 Å². The maximum absolute atomic E-state index is 5.75. The van der Waals surface area contributed by atoms with Gasteiger partial charge in [0.25, 0.3) is 0 Å². The van der Waals surface area contributed by atoms with Gasteiger partial charge in [-0.1, -0.05) is 5.16 Å². The molecule has 0 bridgehead atoms. The maximum Gasteiger partial charge on any atom is 0.195 e. The van der Waals surface area contributed by atoms with Crippen LogP contribution in [0.25, 0.3) is 0 Å². The van der Waals surface area contributed by atoms with E-state index in [1.165, 1.54) is 5.56 Å². The number of anilines is 1. The first kappa shape index (κ1) is 19.1. The SMILES string of the molecule is CCNC(=NCCCc1c(C)noc1C)Nc1ccc2c(c1)OCCCO2. The quantitative estimate of drug-likeness (QED) is 0.459. The number of aryl methyl sites for hydroxylation is 2. The molecular weight excluding hydrogens is 344 g/mol. The van der Waals surface area contributed by atoms with E-state index < -0.39 is 0 Å². The number of ether oxygens (including phenoxy) is 2. The lowest BCUT2D eigenvalue weighted by Crippen LogP contribution is -2.30. The second-order valence-electron chi connectivity index (χ2n) is 6.50. The summed E-state index contributed by atoms with van der Waals surface area (Å²) >= 11 is 0. The molecule has 0 unspecified atom stereocenters. The molecule has 0 atom stereocenters. The van der Waals surface area contributed by atoms with Crippen LogP contribution in [0.3, 0.4) is 0 Å². The molecule has 2 aromatic rings. The van der Waals surface area contributed by atoms with Crippen molar-refractivity contribution in [2.75, 3.05) is 31.6 Å². The molecule has 0 spiro atoms. The van der Waals surface area contributed by atoms with Crippen molar-refractivity contribution < 1.29 is 14.0 Å². The number of rotatable bonds is 6. The summed E-state index contributed by atoms with van der Waals surface area (Å²) in [6, 6.07) is 5.87. The Kier molecular flexibility index (Phi) is 6.57. The Hall–Kier alpha value is -2.70. The Labute approximate surface area is 160 Å². The van der Waals surface area contributed by atoms with Gasteiger partial charge in [0.2, 0.25) is 0 Å². The Morgan fingerprint density at radius 1 is 1.19 bits per heavy atom. The Bertz CT molecular complexity index is 766. The fourth-order valence-corrected chi connectivity index (χ4v) is 2.99. The van der Waals surface area contributed by atoms with Crippen LogP contribution in [0, 0.1) is 13.8 Å². The van der Waals surface area contributed by atoms with Crippen LogP contribution in [0.2, 0.25) is 0 Å². The summed E-state index contributed by atoms with van der Waals surface area (Å²) < 4.78 is 16.6. The molecule has 146 valence electrons. The minimum atomic E-state index is 0.673. The molecule has 1 aliphatic rings. The summed E-state index contributed by atoms with van der Waals surface area (Å²) in [4.78, 5) is 4.67. The number of nitrogens with one attached hydrogen (secondary N) is 2. The Morgan fingerprint density at radius 3 is 2.74 bits per heavy atom. The summed E-state index contributed by atoms with van der Waals surface area (Å²) in [5, 5.41) is 10.6. The average molecular weight is 372 g/mol. The minimum absolute atomic E-state index is 0.673. The van der Waals surface area contributed by atoms with E-state index in [0.29, 0.717) is 19.8 Å². The van der Waals surface area contributed by atoms with Crippen molar-refractivity contribution in [3.63, 3.8) is 0 Å². The normalized spacial score (nSPS) is 14.0. The van der Waals surface area contributed by atoms with Crippen molar-refractivity contribution in [3.05, 3.63) is 35.2 Å². The van der Waals surface area contributed by atoms with Crippen molar-refractivity contribution in [1.82, 2.24) is 10.5 Å². The molecule has 0 saturated heterocycles. The number of nitrogens with zero attached hydrogens (tertiary/aromatic N) is 2. The van der Waals surface area contributed by atoms with Gasteiger partial charge in [0.15, 0.2) is 17.5 Å². The number of fused-ring (bicyclic) bond motifs is 1. The van der Waals surface area contributed by atoms with Crippen LogP contribution in [-0.4, -0.2) is 37.4 Å². The van der Waals surface area contributed by atoms with Crippen molar-refractivity contribution in [3.8, 4) is 11.5 Å². The third-order valence-electron chi connectivity index (χ3n) is 4.39. The predicted octanol–water partition coefficient (Wildman–Crippen LogP) is 3.46. The number of aliphatic imine (C=N–C) groups is 1. The second kappa shape index (κ2) is 9.30. The van der Waals surface area contributed by atoms with Gasteiger partial charge >= 0.3 is 0 Å². The van der Waals surface area contributed by atoms with Crippen LogP contribution in [0.5, 0.6) is 11.5 Å². The molecule has 3 rings (SSSR count). The molecule has 0 saturated carbocycles. The monoisotopic (exact) mass is 372 g/mol. The van der Waals surface area contributed by atoms with Gasteiger partial charge in [-0.2, -0.15) is 0 Å². The zero-order valence-corrected chi connectivity index (χ0v) is 16.3. The molecule has 1 aliphatic heterocycles. The van der Waals surface area contributed by atoms with Gasteiger partial charge in [0.05, 0.1) is 18.9 Å². The molecule has 27 heavy (non-hydrogen) atoms. The molecule has 7 heteroatoms. The summed E-state index contributed by atoms with van der Waals surface area (Å²) in [7, 11) is 0. The summed E-state index contributed by atoms with van der Waals surface area (Å²) in [6.45, 7) is 8.85. The van der Waals surface area contributed by atoms with E-state index in [1.807, 2.05) is 32.0 Å². The topological polar surface area (TPSA) is 80.9 Å². The number of hydrogen-bond acceptors (Lipinski definition) is 5. The Morgan fingerprint density at radius 2 is 2.00 bits per heavy atom. The van der Waals surface area contributed by atoms with Crippen molar-refractivity contribution >= 4 is 11.6 Å². The highest BCUT2D eigenvalue weighted by molar-refractivity contribution is 5.93. The molecular formula is C20H28N4O3. The molecule has 0 fully saturated rings. The van der Waals surface area contributed by atoms with E-state index in [1.54, 1.807) is 0 Å². The summed E-state index contributed by atoms with van der Waals surface area (Å²) in [6.07, 6.45) is 2.74. The van der Waals surface area contributed by atoms with E-state index >= 15 is 0 Å². The number of hydrogen-bond donors (Lipinski definition) is 2. The largest absolute Gasteiger partial charge is 0.490 e. The van der Waals surface area contributed by atoms with Crippen LogP contribution in [0.15, 0.2) is 27.7 Å².